The highest BCUT2D eigenvalue weighted by atomic mass is 16.2. The number of benzene rings is 1. The van der Waals surface area contributed by atoms with Gasteiger partial charge in [-0.25, -0.2) is 0 Å². The highest BCUT2D eigenvalue weighted by Gasteiger charge is 2.25. The van der Waals surface area contributed by atoms with Gasteiger partial charge in [-0.2, -0.15) is 5.10 Å². The number of fused-ring (bicyclic) bond motifs is 1. The van der Waals surface area contributed by atoms with Crippen molar-refractivity contribution in [1.82, 2.24) is 15.1 Å². The number of hydrogen-bond acceptors (Lipinski definition) is 4. The topological polar surface area (TPSA) is 49.3 Å². The van der Waals surface area contributed by atoms with Gasteiger partial charge in [0.2, 0.25) is 0 Å². The summed E-state index contributed by atoms with van der Waals surface area (Å²) in [7, 11) is 0. The van der Waals surface area contributed by atoms with Gasteiger partial charge in [-0.15, -0.1) is 5.10 Å². The lowest BCUT2D eigenvalue weighted by Crippen LogP contribution is -2.49. The Bertz CT molecular complexity index is 809. The van der Waals surface area contributed by atoms with E-state index >= 15 is 0 Å². The van der Waals surface area contributed by atoms with Crippen LogP contribution in [0.5, 0.6) is 0 Å². The molecule has 0 saturated carbocycles. The van der Waals surface area contributed by atoms with Crippen LogP contribution in [0.4, 0.5) is 5.82 Å². The molecule has 5 nitrogen and oxygen atoms in total. The summed E-state index contributed by atoms with van der Waals surface area (Å²) in [5.74, 6) is 1.09. The van der Waals surface area contributed by atoms with Gasteiger partial charge in [-0.05, 0) is 56.4 Å². The van der Waals surface area contributed by atoms with E-state index in [1.54, 1.807) is 0 Å². The van der Waals surface area contributed by atoms with Crippen molar-refractivity contribution in [3.8, 4) is 0 Å². The van der Waals surface area contributed by atoms with E-state index in [4.69, 9.17) is 0 Å². The summed E-state index contributed by atoms with van der Waals surface area (Å²) >= 11 is 0. The number of nitrogens with zero attached hydrogens (tertiary/aromatic N) is 4. The normalized spacial score (nSPS) is 16.9. The summed E-state index contributed by atoms with van der Waals surface area (Å²) < 4.78 is 0. The standard InChI is InChI=1S/C20H24N4O/c1-14-6-7-17(15(2)12-14)20(25)24-10-8-23(9-11-24)19-13-16-4-3-5-18(16)21-22-19/h6-7,12-13H,3-5,8-11H2,1-2H3. The van der Waals surface area contributed by atoms with Crippen LogP contribution in [0.2, 0.25) is 0 Å². The van der Waals surface area contributed by atoms with E-state index in [2.05, 4.69) is 34.2 Å². The van der Waals surface area contributed by atoms with Crippen LogP contribution in [0.1, 0.15) is 39.2 Å². The van der Waals surface area contributed by atoms with E-state index in [1.165, 1.54) is 17.5 Å². The summed E-state index contributed by atoms with van der Waals surface area (Å²) in [5.41, 5.74) is 5.56. The SMILES string of the molecule is Cc1ccc(C(=O)N2CCN(c3cc4c(nn3)CCC4)CC2)c(C)c1. The van der Waals surface area contributed by atoms with E-state index in [0.29, 0.717) is 0 Å². The zero-order valence-electron chi connectivity index (χ0n) is 15.0. The van der Waals surface area contributed by atoms with Crippen molar-refractivity contribution in [2.75, 3.05) is 31.1 Å². The Labute approximate surface area is 148 Å². The number of aryl methyl sites for hydroxylation is 4. The Kier molecular flexibility index (Phi) is 4.15. The van der Waals surface area contributed by atoms with Crippen molar-refractivity contribution >= 4 is 11.7 Å². The van der Waals surface area contributed by atoms with Crippen LogP contribution >= 0.6 is 0 Å². The molecule has 1 aromatic heterocycles. The molecule has 4 rings (SSSR count). The van der Waals surface area contributed by atoms with Gasteiger partial charge >= 0.3 is 0 Å². The van der Waals surface area contributed by atoms with E-state index in [0.717, 1.165) is 61.7 Å². The summed E-state index contributed by atoms with van der Waals surface area (Å²) in [4.78, 5) is 17.0. The molecule has 1 aliphatic carbocycles. The lowest BCUT2D eigenvalue weighted by Gasteiger charge is -2.35. The minimum Gasteiger partial charge on any atom is -0.352 e. The number of aromatic nitrogens is 2. The Hall–Kier alpha value is -2.43. The molecule has 1 fully saturated rings. The predicted octanol–water partition coefficient (Wildman–Crippen LogP) is 2.54. The van der Waals surface area contributed by atoms with E-state index in [1.807, 2.05) is 24.0 Å². The molecule has 0 spiro atoms. The Morgan fingerprint density at radius 1 is 1.00 bits per heavy atom. The first kappa shape index (κ1) is 16.1. The molecule has 0 bridgehead atoms. The number of rotatable bonds is 2. The third-order valence-electron chi connectivity index (χ3n) is 5.31. The number of amides is 1. The van der Waals surface area contributed by atoms with Gasteiger partial charge in [-0.3, -0.25) is 4.79 Å². The highest BCUT2D eigenvalue weighted by Crippen LogP contribution is 2.24. The van der Waals surface area contributed by atoms with Gasteiger partial charge in [0, 0.05) is 31.7 Å². The highest BCUT2D eigenvalue weighted by molar-refractivity contribution is 5.95. The Morgan fingerprint density at radius 3 is 2.56 bits per heavy atom. The third-order valence-corrected chi connectivity index (χ3v) is 5.31. The second-order valence-electron chi connectivity index (χ2n) is 7.13. The molecule has 5 heteroatoms. The molecule has 0 radical (unpaired) electrons. The molecular weight excluding hydrogens is 312 g/mol. The number of hydrogen-bond donors (Lipinski definition) is 0. The Morgan fingerprint density at radius 2 is 1.80 bits per heavy atom. The molecule has 130 valence electrons. The molecule has 1 saturated heterocycles. The Balaban J connectivity index is 1.43. The van der Waals surface area contributed by atoms with Crippen LogP contribution in [0.25, 0.3) is 0 Å². The van der Waals surface area contributed by atoms with Crippen molar-refractivity contribution in [2.45, 2.75) is 33.1 Å². The zero-order chi connectivity index (χ0) is 17.4. The van der Waals surface area contributed by atoms with Gasteiger partial charge in [0.1, 0.15) is 0 Å². The molecule has 1 amide bonds. The largest absolute Gasteiger partial charge is 0.352 e. The lowest BCUT2D eigenvalue weighted by molar-refractivity contribution is 0.0745. The fourth-order valence-electron chi connectivity index (χ4n) is 3.83. The molecule has 25 heavy (non-hydrogen) atoms. The molecule has 0 N–H and O–H groups in total. The molecule has 2 aromatic rings. The van der Waals surface area contributed by atoms with E-state index in [9.17, 15) is 4.79 Å². The number of carbonyl (C=O) groups is 1. The van der Waals surface area contributed by atoms with Gasteiger partial charge in [0.15, 0.2) is 5.82 Å². The summed E-state index contributed by atoms with van der Waals surface area (Å²) in [6, 6.07) is 8.22. The molecule has 1 aliphatic heterocycles. The number of carbonyl (C=O) groups excluding carboxylic acids is 1. The molecule has 2 heterocycles. The molecule has 0 atom stereocenters. The monoisotopic (exact) mass is 336 g/mol. The first-order valence-electron chi connectivity index (χ1n) is 9.09. The van der Waals surface area contributed by atoms with Crippen LogP contribution in [-0.4, -0.2) is 47.2 Å². The summed E-state index contributed by atoms with van der Waals surface area (Å²) in [6.07, 6.45) is 3.36. The molecular formula is C20H24N4O. The van der Waals surface area contributed by atoms with E-state index < -0.39 is 0 Å². The van der Waals surface area contributed by atoms with Gasteiger partial charge in [-0.1, -0.05) is 17.7 Å². The second kappa shape index (κ2) is 6.47. The number of piperazine rings is 1. The average Bonchev–Trinajstić information content (AvgIpc) is 3.09. The summed E-state index contributed by atoms with van der Waals surface area (Å²) in [5, 5.41) is 8.78. The first-order chi connectivity index (χ1) is 12.1. The van der Waals surface area contributed by atoms with Crippen LogP contribution in [0.3, 0.4) is 0 Å². The van der Waals surface area contributed by atoms with Crippen LogP contribution < -0.4 is 4.90 Å². The van der Waals surface area contributed by atoms with Gasteiger partial charge in [0.05, 0.1) is 5.69 Å². The minimum atomic E-state index is 0.136. The van der Waals surface area contributed by atoms with Crippen LogP contribution in [0.15, 0.2) is 24.3 Å². The average molecular weight is 336 g/mol. The molecule has 1 aromatic carbocycles. The molecule has 2 aliphatic rings. The van der Waals surface area contributed by atoms with Crippen molar-refractivity contribution in [3.05, 3.63) is 52.2 Å². The van der Waals surface area contributed by atoms with Gasteiger partial charge < -0.3 is 9.80 Å². The van der Waals surface area contributed by atoms with Gasteiger partial charge in [0.25, 0.3) is 5.91 Å². The predicted molar refractivity (Wildman–Crippen MR) is 98.1 cm³/mol. The maximum atomic E-state index is 12.8. The number of anilines is 1. The maximum absolute atomic E-state index is 12.8. The summed E-state index contributed by atoms with van der Waals surface area (Å²) in [6.45, 7) is 7.14. The van der Waals surface area contributed by atoms with Crippen LogP contribution in [-0.2, 0) is 12.8 Å². The van der Waals surface area contributed by atoms with Crippen molar-refractivity contribution in [1.29, 1.82) is 0 Å². The van der Waals surface area contributed by atoms with Crippen molar-refractivity contribution in [3.63, 3.8) is 0 Å². The molecule has 0 unspecified atom stereocenters. The maximum Gasteiger partial charge on any atom is 0.254 e. The first-order valence-corrected chi connectivity index (χ1v) is 9.09. The van der Waals surface area contributed by atoms with Crippen molar-refractivity contribution in [2.24, 2.45) is 0 Å². The minimum absolute atomic E-state index is 0.136. The van der Waals surface area contributed by atoms with Crippen molar-refractivity contribution < 1.29 is 4.79 Å². The van der Waals surface area contributed by atoms with Crippen LogP contribution in [0, 0.1) is 13.8 Å². The zero-order valence-corrected chi connectivity index (χ0v) is 15.0. The lowest BCUT2D eigenvalue weighted by atomic mass is 10.0. The quantitative estimate of drug-likeness (QED) is 0.846. The van der Waals surface area contributed by atoms with E-state index in [-0.39, 0.29) is 5.91 Å². The second-order valence-corrected chi connectivity index (χ2v) is 7.13. The fourth-order valence-corrected chi connectivity index (χ4v) is 3.83. The fraction of sp³-hybridized carbons (Fsp3) is 0.450. The smallest absolute Gasteiger partial charge is 0.254 e. The third kappa shape index (κ3) is 3.11.